The molecular weight excluding hydrogens is 254 g/mol. The molecule has 1 amide bonds. The fourth-order valence-corrected chi connectivity index (χ4v) is 2.18. The highest BCUT2D eigenvalue weighted by molar-refractivity contribution is 5.96. The molecule has 0 aromatic heterocycles. The fraction of sp³-hybridized carbons (Fsp3) is 0.562. The van der Waals surface area contributed by atoms with Crippen molar-refractivity contribution in [2.45, 2.75) is 45.3 Å². The summed E-state index contributed by atoms with van der Waals surface area (Å²) in [6.45, 7) is 7.25. The number of amides is 1. The number of para-hydroxylation sites is 1. The van der Waals surface area contributed by atoms with Crippen LogP contribution in [-0.4, -0.2) is 30.8 Å². The quantitative estimate of drug-likeness (QED) is 0.920. The lowest BCUT2D eigenvalue weighted by Gasteiger charge is -2.23. The second kappa shape index (κ2) is 6.27. The van der Waals surface area contributed by atoms with E-state index in [1.807, 2.05) is 39.0 Å². The molecular formula is C16H23NO3. The maximum Gasteiger partial charge on any atom is 0.255 e. The van der Waals surface area contributed by atoms with E-state index in [1.165, 1.54) is 0 Å². The van der Waals surface area contributed by atoms with Crippen molar-refractivity contribution in [1.82, 2.24) is 5.32 Å². The van der Waals surface area contributed by atoms with Gasteiger partial charge in [-0.25, -0.2) is 0 Å². The standard InChI is InChI=1S/C16H23NO3/c1-16(2,3)20-14-9-5-4-8-13(14)15(18)17-11-12-7-6-10-19-12/h4-5,8-9,12H,6-7,10-11H2,1-3H3,(H,17,18). The number of benzene rings is 1. The Morgan fingerprint density at radius 3 is 2.80 bits per heavy atom. The van der Waals surface area contributed by atoms with Gasteiger partial charge in [0, 0.05) is 13.2 Å². The van der Waals surface area contributed by atoms with Crippen LogP contribution >= 0.6 is 0 Å². The van der Waals surface area contributed by atoms with E-state index in [4.69, 9.17) is 9.47 Å². The van der Waals surface area contributed by atoms with Crippen LogP contribution in [0.3, 0.4) is 0 Å². The molecule has 1 N–H and O–H groups in total. The molecule has 1 aliphatic rings. The topological polar surface area (TPSA) is 47.6 Å². The Bertz CT molecular complexity index is 459. The molecule has 20 heavy (non-hydrogen) atoms. The first kappa shape index (κ1) is 14.9. The smallest absolute Gasteiger partial charge is 0.255 e. The predicted octanol–water partition coefficient (Wildman–Crippen LogP) is 2.77. The predicted molar refractivity (Wildman–Crippen MR) is 78.1 cm³/mol. The second-order valence-corrected chi connectivity index (χ2v) is 6.06. The average Bonchev–Trinajstić information content (AvgIpc) is 2.88. The van der Waals surface area contributed by atoms with E-state index in [1.54, 1.807) is 6.07 Å². The normalized spacial score (nSPS) is 18.9. The summed E-state index contributed by atoms with van der Waals surface area (Å²) in [5.74, 6) is 0.505. The number of carbonyl (C=O) groups is 1. The van der Waals surface area contributed by atoms with E-state index in [0.29, 0.717) is 17.9 Å². The van der Waals surface area contributed by atoms with Gasteiger partial charge in [-0.15, -0.1) is 0 Å². The minimum Gasteiger partial charge on any atom is -0.487 e. The highest BCUT2D eigenvalue weighted by atomic mass is 16.5. The van der Waals surface area contributed by atoms with Gasteiger partial charge in [0.1, 0.15) is 11.4 Å². The van der Waals surface area contributed by atoms with Crippen molar-refractivity contribution in [3.8, 4) is 5.75 Å². The maximum atomic E-state index is 12.3. The molecule has 0 bridgehead atoms. The summed E-state index contributed by atoms with van der Waals surface area (Å²) < 4.78 is 11.3. The molecule has 1 aromatic rings. The third-order valence-electron chi connectivity index (χ3n) is 3.06. The number of carbonyl (C=O) groups excluding carboxylic acids is 1. The van der Waals surface area contributed by atoms with E-state index in [2.05, 4.69) is 5.32 Å². The molecule has 1 heterocycles. The monoisotopic (exact) mass is 277 g/mol. The second-order valence-electron chi connectivity index (χ2n) is 6.06. The van der Waals surface area contributed by atoms with Crippen LogP contribution in [-0.2, 0) is 4.74 Å². The van der Waals surface area contributed by atoms with Crippen molar-refractivity contribution in [2.75, 3.05) is 13.2 Å². The first-order chi connectivity index (χ1) is 9.46. The molecule has 1 aliphatic heterocycles. The van der Waals surface area contributed by atoms with E-state index >= 15 is 0 Å². The molecule has 0 radical (unpaired) electrons. The molecule has 0 spiro atoms. The summed E-state index contributed by atoms with van der Waals surface area (Å²) in [4.78, 5) is 12.3. The van der Waals surface area contributed by atoms with Crippen molar-refractivity contribution in [3.63, 3.8) is 0 Å². The van der Waals surface area contributed by atoms with E-state index in [9.17, 15) is 4.79 Å². The lowest BCUT2D eigenvalue weighted by molar-refractivity contribution is 0.0843. The zero-order valence-corrected chi connectivity index (χ0v) is 12.4. The highest BCUT2D eigenvalue weighted by Gasteiger charge is 2.20. The molecule has 1 unspecified atom stereocenters. The molecule has 110 valence electrons. The first-order valence-electron chi connectivity index (χ1n) is 7.13. The van der Waals surface area contributed by atoms with Crippen molar-refractivity contribution in [2.24, 2.45) is 0 Å². The lowest BCUT2D eigenvalue weighted by Crippen LogP contribution is -2.32. The van der Waals surface area contributed by atoms with Crippen LogP contribution < -0.4 is 10.1 Å². The molecule has 4 heteroatoms. The van der Waals surface area contributed by atoms with E-state index in [0.717, 1.165) is 19.4 Å². The third kappa shape index (κ3) is 4.23. The molecule has 1 saturated heterocycles. The minimum atomic E-state index is -0.328. The summed E-state index contributed by atoms with van der Waals surface area (Å²) >= 11 is 0. The van der Waals surface area contributed by atoms with Gasteiger partial charge in [0.05, 0.1) is 11.7 Å². The van der Waals surface area contributed by atoms with Gasteiger partial charge in [-0.3, -0.25) is 4.79 Å². The number of hydrogen-bond acceptors (Lipinski definition) is 3. The summed E-state index contributed by atoms with van der Waals surface area (Å²) in [6, 6.07) is 7.33. The summed E-state index contributed by atoms with van der Waals surface area (Å²) in [5.41, 5.74) is 0.241. The molecule has 0 aliphatic carbocycles. The van der Waals surface area contributed by atoms with Crippen LogP contribution in [0.25, 0.3) is 0 Å². The van der Waals surface area contributed by atoms with Gasteiger partial charge in [0.25, 0.3) is 5.91 Å². The van der Waals surface area contributed by atoms with Crippen molar-refractivity contribution in [1.29, 1.82) is 0 Å². The SMILES string of the molecule is CC(C)(C)Oc1ccccc1C(=O)NCC1CCCO1. The van der Waals surface area contributed by atoms with E-state index < -0.39 is 0 Å². The van der Waals surface area contributed by atoms with E-state index in [-0.39, 0.29) is 17.6 Å². The molecule has 1 aromatic carbocycles. The van der Waals surface area contributed by atoms with Gasteiger partial charge < -0.3 is 14.8 Å². The van der Waals surface area contributed by atoms with Gasteiger partial charge in [-0.1, -0.05) is 12.1 Å². The largest absolute Gasteiger partial charge is 0.487 e. The molecule has 2 rings (SSSR count). The molecule has 0 saturated carbocycles. The van der Waals surface area contributed by atoms with Crippen LogP contribution in [0.1, 0.15) is 44.0 Å². The summed E-state index contributed by atoms with van der Waals surface area (Å²) in [7, 11) is 0. The number of hydrogen-bond donors (Lipinski definition) is 1. The Morgan fingerprint density at radius 1 is 1.40 bits per heavy atom. The lowest BCUT2D eigenvalue weighted by atomic mass is 10.1. The zero-order chi connectivity index (χ0) is 14.6. The van der Waals surface area contributed by atoms with Crippen LogP contribution in [0.4, 0.5) is 0 Å². The number of nitrogens with one attached hydrogen (secondary N) is 1. The number of ether oxygens (including phenoxy) is 2. The van der Waals surface area contributed by atoms with Crippen molar-refractivity contribution < 1.29 is 14.3 Å². The van der Waals surface area contributed by atoms with Crippen molar-refractivity contribution >= 4 is 5.91 Å². The Labute approximate surface area is 120 Å². The minimum absolute atomic E-state index is 0.111. The Hall–Kier alpha value is -1.55. The van der Waals surface area contributed by atoms with Gasteiger partial charge in [-0.05, 0) is 45.7 Å². The van der Waals surface area contributed by atoms with Crippen LogP contribution in [0.2, 0.25) is 0 Å². The van der Waals surface area contributed by atoms with Gasteiger partial charge >= 0.3 is 0 Å². The average molecular weight is 277 g/mol. The maximum absolute atomic E-state index is 12.3. The summed E-state index contributed by atoms with van der Waals surface area (Å²) in [5, 5.41) is 2.92. The third-order valence-corrected chi connectivity index (χ3v) is 3.06. The Morgan fingerprint density at radius 2 is 2.15 bits per heavy atom. The van der Waals surface area contributed by atoms with Gasteiger partial charge in [0.15, 0.2) is 0 Å². The summed E-state index contributed by atoms with van der Waals surface area (Å²) in [6.07, 6.45) is 2.24. The Kier molecular flexibility index (Phi) is 4.65. The highest BCUT2D eigenvalue weighted by Crippen LogP contribution is 2.23. The number of rotatable bonds is 4. The van der Waals surface area contributed by atoms with Crippen LogP contribution in [0.5, 0.6) is 5.75 Å². The molecule has 1 atom stereocenters. The Balaban J connectivity index is 2.01. The first-order valence-corrected chi connectivity index (χ1v) is 7.13. The van der Waals surface area contributed by atoms with Gasteiger partial charge in [0.2, 0.25) is 0 Å². The van der Waals surface area contributed by atoms with Crippen LogP contribution in [0, 0.1) is 0 Å². The molecule has 1 fully saturated rings. The van der Waals surface area contributed by atoms with Gasteiger partial charge in [-0.2, -0.15) is 0 Å². The fourth-order valence-electron chi connectivity index (χ4n) is 2.18. The van der Waals surface area contributed by atoms with Crippen molar-refractivity contribution in [3.05, 3.63) is 29.8 Å². The zero-order valence-electron chi connectivity index (χ0n) is 12.4. The van der Waals surface area contributed by atoms with Crippen LogP contribution in [0.15, 0.2) is 24.3 Å². The molecule has 4 nitrogen and oxygen atoms in total.